The number of esters is 1. The second-order valence-electron chi connectivity index (χ2n) is 10.2. The molecule has 10 nitrogen and oxygen atoms in total. The van der Waals surface area contributed by atoms with E-state index in [1.165, 1.54) is 32.1 Å². The molecule has 0 fully saturated rings. The van der Waals surface area contributed by atoms with Gasteiger partial charge in [-0.15, -0.1) is 0 Å². The molecular weight excluding hydrogens is 573 g/mol. The minimum atomic E-state index is -4.62. The number of hydrogen-bond donors (Lipinski definition) is 3. The van der Waals surface area contributed by atoms with Gasteiger partial charge < -0.3 is 25.2 Å². The van der Waals surface area contributed by atoms with Crippen molar-refractivity contribution in [3.05, 3.63) is 48.6 Å². The SMILES string of the molecule is CC/C=C\C/C=C\C/C=C\C/C=C\CCC(=O)OC(COCCCCCCCCCC)COP(=O)(O)OCC(N)C(=O)O. The summed E-state index contributed by atoms with van der Waals surface area (Å²) in [6.45, 7) is 3.59. The van der Waals surface area contributed by atoms with Crippen LogP contribution in [0, 0.1) is 0 Å². The molecule has 0 amide bonds. The topological polar surface area (TPSA) is 155 Å². The predicted molar refractivity (Wildman–Crippen MR) is 171 cm³/mol. The Morgan fingerprint density at radius 2 is 1.30 bits per heavy atom. The van der Waals surface area contributed by atoms with Gasteiger partial charge in [0.05, 0.1) is 19.8 Å². The van der Waals surface area contributed by atoms with Gasteiger partial charge in [0, 0.05) is 13.0 Å². The van der Waals surface area contributed by atoms with Crippen LogP contribution >= 0.6 is 7.82 Å². The molecule has 0 aliphatic heterocycles. The smallest absolute Gasteiger partial charge is 0.472 e. The first-order valence-electron chi connectivity index (χ1n) is 15.7. The Labute approximate surface area is 259 Å². The highest BCUT2D eigenvalue weighted by Crippen LogP contribution is 2.43. The number of phosphoric ester groups is 1. The first-order chi connectivity index (χ1) is 20.7. The van der Waals surface area contributed by atoms with Crippen LogP contribution in [0.5, 0.6) is 0 Å². The summed E-state index contributed by atoms with van der Waals surface area (Å²) < 4.78 is 32.8. The second kappa shape index (κ2) is 28.7. The van der Waals surface area contributed by atoms with Gasteiger partial charge in [-0.25, -0.2) is 4.57 Å². The van der Waals surface area contributed by atoms with Crippen molar-refractivity contribution in [2.75, 3.05) is 26.4 Å². The summed E-state index contributed by atoms with van der Waals surface area (Å²) in [5.41, 5.74) is 5.30. The maximum atomic E-state index is 12.4. The fourth-order valence-corrected chi connectivity index (χ4v) is 4.45. The van der Waals surface area contributed by atoms with E-state index >= 15 is 0 Å². The van der Waals surface area contributed by atoms with Gasteiger partial charge in [0.15, 0.2) is 0 Å². The van der Waals surface area contributed by atoms with E-state index in [1.54, 1.807) is 0 Å². The number of carboxylic acid groups (broad SMARTS) is 1. The van der Waals surface area contributed by atoms with Crippen LogP contribution in [0.25, 0.3) is 0 Å². The van der Waals surface area contributed by atoms with Crippen molar-refractivity contribution in [3.8, 4) is 0 Å². The van der Waals surface area contributed by atoms with Crippen LogP contribution in [0.1, 0.15) is 104 Å². The summed E-state index contributed by atoms with van der Waals surface area (Å²) in [5, 5.41) is 8.81. The molecule has 0 saturated heterocycles. The molecule has 0 radical (unpaired) electrons. The number of hydrogen-bond acceptors (Lipinski definition) is 8. The molecule has 0 aliphatic carbocycles. The summed E-state index contributed by atoms with van der Waals surface area (Å²) in [4.78, 5) is 33.1. The molecule has 0 aliphatic rings. The number of aliphatic carboxylic acids is 1. The molecule has 3 atom stereocenters. The summed E-state index contributed by atoms with van der Waals surface area (Å²) >= 11 is 0. The van der Waals surface area contributed by atoms with Crippen molar-refractivity contribution < 1.29 is 42.7 Å². The van der Waals surface area contributed by atoms with Crippen LogP contribution in [-0.4, -0.2) is 60.5 Å². The van der Waals surface area contributed by atoms with Gasteiger partial charge >= 0.3 is 19.8 Å². The van der Waals surface area contributed by atoms with E-state index in [1.807, 2.05) is 12.2 Å². The lowest BCUT2D eigenvalue weighted by Crippen LogP contribution is -2.34. The third-order valence-corrected chi connectivity index (χ3v) is 7.09. The Morgan fingerprint density at radius 1 is 0.767 bits per heavy atom. The largest absolute Gasteiger partial charge is 0.480 e. The molecule has 43 heavy (non-hydrogen) atoms. The van der Waals surface area contributed by atoms with Crippen molar-refractivity contribution in [1.82, 2.24) is 0 Å². The number of unbranched alkanes of at least 4 members (excludes halogenated alkanes) is 7. The standard InChI is InChI=1S/C32H56NO9P/c1-3-5-7-9-11-13-14-15-16-17-18-20-22-24-31(34)42-29(26-39-25-23-21-19-12-10-8-6-4-2)27-40-43(37,38)41-28-30(33)32(35)36/h5,7,11,13,15-16,18,20,29-30H,3-4,6,8-10,12,14,17,19,21-28,33H2,1-2H3,(H,35,36)(H,37,38)/b7-5-,13-11-,16-15-,20-18-. The van der Waals surface area contributed by atoms with Crippen molar-refractivity contribution >= 4 is 19.8 Å². The van der Waals surface area contributed by atoms with Crippen LogP contribution < -0.4 is 5.73 Å². The predicted octanol–water partition coefficient (Wildman–Crippen LogP) is 7.19. The molecular formula is C32H56NO9P. The summed E-state index contributed by atoms with van der Waals surface area (Å²) in [7, 11) is -4.62. The minimum absolute atomic E-state index is 0.0130. The minimum Gasteiger partial charge on any atom is -0.480 e. The summed E-state index contributed by atoms with van der Waals surface area (Å²) in [6.07, 6.45) is 29.1. The number of allylic oxidation sites excluding steroid dienone is 8. The van der Waals surface area contributed by atoms with Gasteiger partial charge in [0.1, 0.15) is 12.1 Å². The Kier molecular flexibility index (Phi) is 27.3. The van der Waals surface area contributed by atoms with Gasteiger partial charge in [-0.05, 0) is 38.5 Å². The van der Waals surface area contributed by atoms with E-state index in [0.29, 0.717) is 13.0 Å². The zero-order chi connectivity index (χ0) is 32.0. The third-order valence-electron chi connectivity index (χ3n) is 6.14. The van der Waals surface area contributed by atoms with Crippen LogP contribution in [0.3, 0.4) is 0 Å². The van der Waals surface area contributed by atoms with Crippen LogP contribution in [0.15, 0.2) is 48.6 Å². The first kappa shape index (κ1) is 40.9. The number of phosphoric acid groups is 1. The van der Waals surface area contributed by atoms with E-state index in [9.17, 15) is 19.0 Å². The summed E-state index contributed by atoms with van der Waals surface area (Å²) in [5.74, 6) is -1.87. The molecule has 0 rings (SSSR count). The quantitative estimate of drug-likeness (QED) is 0.0335. The Morgan fingerprint density at radius 3 is 1.88 bits per heavy atom. The number of nitrogens with two attached hydrogens (primary N) is 1. The molecule has 4 N–H and O–H groups in total. The highest BCUT2D eigenvalue weighted by Gasteiger charge is 2.27. The number of ether oxygens (including phenoxy) is 2. The molecule has 11 heteroatoms. The lowest BCUT2D eigenvalue weighted by molar-refractivity contribution is -0.154. The monoisotopic (exact) mass is 629 g/mol. The lowest BCUT2D eigenvalue weighted by atomic mass is 10.1. The molecule has 0 saturated carbocycles. The van der Waals surface area contributed by atoms with E-state index in [0.717, 1.165) is 44.9 Å². The molecule has 0 aromatic heterocycles. The lowest BCUT2D eigenvalue weighted by Gasteiger charge is -2.20. The van der Waals surface area contributed by atoms with Gasteiger partial charge in [0.25, 0.3) is 0 Å². The molecule has 3 unspecified atom stereocenters. The molecule has 0 spiro atoms. The summed E-state index contributed by atoms with van der Waals surface area (Å²) in [6, 6.07) is -1.48. The van der Waals surface area contributed by atoms with E-state index < -0.39 is 45.1 Å². The third kappa shape index (κ3) is 28.5. The second-order valence-corrected chi connectivity index (χ2v) is 11.7. The Hall–Kier alpha value is -2.07. The Balaban J connectivity index is 4.53. The van der Waals surface area contributed by atoms with Crippen LogP contribution in [-0.2, 0) is 32.7 Å². The normalized spacial score (nSPS) is 15.1. The maximum absolute atomic E-state index is 12.4. The van der Waals surface area contributed by atoms with Gasteiger partial charge in [-0.3, -0.25) is 18.6 Å². The average molecular weight is 630 g/mol. The highest BCUT2D eigenvalue weighted by molar-refractivity contribution is 7.47. The van der Waals surface area contributed by atoms with Gasteiger partial charge in [-0.1, -0.05) is 107 Å². The number of rotatable bonds is 29. The van der Waals surface area contributed by atoms with Gasteiger partial charge in [-0.2, -0.15) is 0 Å². The zero-order valence-corrected chi connectivity index (χ0v) is 27.2. The highest BCUT2D eigenvalue weighted by atomic mass is 31.2. The van der Waals surface area contributed by atoms with Crippen molar-refractivity contribution in [1.29, 1.82) is 0 Å². The number of carbonyl (C=O) groups excluding carboxylic acids is 1. The zero-order valence-electron chi connectivity index (χ0n) is 26.3. The van der Waals surface area contributed by atoms with E-state index in [2.05, 4.69) is 54.8 Å². The molecule has 0 aromatic rings. The fraction of sp³-hybridized carbons (Fsp3) is 0.688. The average Bonchev–Trinajstić information content (AvgIpc) is 2.97. The number of carboxylic acids is 1. The molecule has 0 aromatic carbocycles. The maximum Gasteiger partial charge on any atom is 0.472 e. The van der Waals surface area contributed by atoms with Crippen molar-refractivity contribution in [2.45, 2.75) is 116 Å². The van der Waals surface area contributed by atoms with Crippen molar-refractivity contribution in [2.24, 2.45) is 5.73 Å². The Bertz CT molecular complexity index is 873. The number of carbonyl (C=O) groups is 2. The van der Waals surface area contributed by atoms with Crippen molar-refractivity contribution in [3.63, 3.8) is 0 Å². The van der Waals surface area contributed by atoms with Crippen LogP contribution in [0.2, 0.25) is 0 Å². The van der Waals surface area contributed by atoms with Gasteiger partial charge in [0.2, 0.25) is 0 Å². The van der Waals surface area contributed by atoms with Crippen LogP contribution in [0.4, 0.5) is 0 Å². The van der Waals surface area contributed by atoms with E-state index in [-0.39, 0.29) is 13.0 Å². The van der Waals surface area contributed by atoms with E-state index in [4.69, 9.17) is 24.8 Å². The molecule has 0 heterocycles. The molecule has 0 bridgehead atoms. The molecule has 248 valence electrons. The fourth-order valence-electron chi connectivity index (χ4n) is 3.67. The first-order valence-corrected chi connectivity index (χ1v) is 17.2.